The van der Waals surface area contributed by atoms with Gasteiger partial charge in [0.15, 0.2) is 0 Å². The van der Waals surface area contributed by atoms with Crippen molar-refractivity contribution in [3.8, 4) is 0 Å². The molecule has 8 heteroatoms. The van der Waals surface area contributed by atoms with Crippen LogP contribution in [0.4, 0.5) is 0 Å². The molecule has 136 valence electrons. The third kappa shape index (κ3) is 9.55. The molecular weight excluding hydrogens is 324 g/mol. The number of ether oxygens (including phenoxy) is 2. The smallest absolute Gasteiger partial charge is 0.302 e. The first-order valence-corrected chi connectivity index (χ1v) is 9.48. The Morgan fingerprint density at radius 1 is 1.09 bits per heavy atom. The summed E-state index contributed by atoms with van der Waals surface area (Å²) in [6, 6.07) is 0. The first-order valence-electron chi connectivity index (χ1n) is 7.66. The first kappa shape index (κ1) is 21.9. The zero-order valence-electron chi connectivity index (χ0n) is 14.7. The molecule has 23 heavy (non-hydrogen) atoms. The zero-order chi connectivity index (χ0) is 18.2. The minimum Gasteiger partial charge on any atom is -0.465 e. The lowest BCUT2D eigenvalue weighted by atomic mass is 9.87. The molecule has 0 aliphatic carbocycles. The van der Waals surface area contributed by atoms with Crippen molar-refractivity contribution in [2.24, 2.45) is 11.8 Å². The van der Waals surface area contributed by atoms with Crippen LogP contribution in [-0.4, -0.2) is 45.4 Å². The van der Waals surface area contributed by atoms with Gasteiger partial charge in [0.25, 0.3) is 10.1 Å². The largest absolute Gasteiger partial charge is 0.465 e. The predicted octanol–water partition coefficient (Wildman–Crippen LogP) is 1.90. The normalized spacial score (nSPS) is 17.0. The Labute approximate surface area is 138 Å². The average Bonchev–Trinajstić information content (AvgIpc) is 2.39. The minimum atomic E-state index is -3.63. The molecule has 4 atom stereocenters. The fourth-order valence-electron chi connectivity index (χ4n) is 2.40. The van der Waals surface area contributed by atoms with Crippen LogP contribution in [0.2, 0.25) is 0 Å². The highest BCUT2D eigenvalue weighted by atomic mass is 32.2. The maximum Gasteiger partial charge on any atom is 0.302 e. The highest BCUT2D eigenvalue weighted by Gasteiger charge is 2.34. The van der Waals surface area contributed by atoms with Crippen LogP contribution >= 0.6 is 0 Å². The summed E-state index contributed by atoms with van der Waals surface area (Å²) < 4.78 is 38.4. The highest BCUT2D eigenvalue weighted by molar-refractivity contribution is 7.86. The van der Waals surface area contributed by atoms with Crippen LogP contribution in [0.25, 0.3) is 0 Å². The second-order valence-corrected chi connectivity index (χ2v) is 7.44. The average molecular weight is 352 g/mol. The lowest BCUT2D eigenvalue weighted by Gasteiger charge is -2.33. The van der Waals surface area contributed by atoms with Crippen LogP contribution in [-0.2, 0) is 33.4 Å². The maximum atomic E-state index is 11.5. The summed E-state index contributed by atoms with van der Waals surface area (Å²) in [4.78, 5) is 22.3. The molecule has 0 radical (unpaired) electrons. The van der Waals surface area contributed by atoms with Crippen LogP contribution in [0.1, 0.15) is 47.5 Å². The Morgan fingerprint density at radius 2 is 1.65 bits per heavy atom. The number of rotatable bonds is 10. The molecule has 0 saturated heterocycles. The summed E-state index contributed by atoms with van der Waals surface area (Å²) in [5.41, 5.74) is 0. The van der Waals surface area contributed by atoms with Crippen molar-refractivity contribution in [1.82, 2.24) is 0 Å². The molecule has 0 aromatic heterocycles. The lowest BCUT2D eigenvalue weighted by molar-refractivity contribution is -0.158. The van der Waals surface area contributed by atoms with E-state index in [1.54, 1.807) is 13.8 Å². The second-order valence-electron chi connectivity index (χ2n) is 5.84. The van der Waals surface area contributed by atoms with Crippen LogP contribution in [0.15, 0.2) is 0 Å². The Morgan fingerprint density at radius 3 is 2.04 bits per heavy atom. The Bertz CT molecular complexity index is 486. The molecule has 7 nitrogen and oxygen atoms in total. The van der Waals surface area contributed by atoms with E-state index < -0.39 is 34.3 Å². The van der Waals surface area contributed by atoms with Gasteiger partial charge in [0, 0.05) is 25.7 Å². The predicted molar refractivity (Wildman–Crippen MR) is 85.1 cm³/mol. The van der Waals surface area contributed by atoms with Crippen molar-refractivity contribution in [2.45, 2.75) is 59.7 Å². The number of carbonyl (C=O) groups is 2. The van der Waals surface area contributed by atoms with Crippen LogP contribution in [0, 0.1) is 11.8 Å². The van der Waals surface area contributed by atoms with Gasteiger partial charge in [-0.1, -0.05) is 27.2 Å². The molecule has 0 amide bonds. The van der Waals surface area contributed by atoms with E-state index in [9.17, 15) is 18.0 Å². The molecule has 0 saturated carbocycles. The van der Waals surface area contributed by atoms with Gasteiger partial charge in [-0.2, -0.15) is 8.42 Å². The Balaban J connectivity index is 5.22. The van der Waals surface area contributed by atoms with Crippen LogP contribution in [0.5, 0.6) is 0 Å². The van der Waals surface area contributed by atoms with Gasteiger partial charge in [0.05, 0.1) is 19.0 Å². The number of carbonyl (C=O) groups excluding carboxylic acids is 2. The molecule has 0 bridgehead atoms. The monoisotopic (exact) mass is 352 g/mol. The quantitative estimate of drug-likeness (QED) is 0.437. The van der Waals surface area contributed by atoms with Crippen molar-refractivity contribution in [3.63, 3.8) is 0 Å². The standard InChI is InChI=1S/C15H28O7S/c1-7-8-14(22-23(6,18)19)11(3)15(21-13(5)17)10(2)9-20-12(4)16/h10-11,14-15H,7-9H2,1-6H3/t10-,11+,14-,15-/m1/s1. The van der Waals surface area contributed by atoms with Gasteiger partial charge < -0.3 is 9.47 Å². The summed E-state index contributed by atoms with van der Waals surface area (Å²) in [6.45, 7) is 8.11. The molecule has 0 N–H and O–H groups in total. The zero-order valence-corrected chi connectivity index (χ0v) is 15.5. The van der Waals surface area contributed by atoms with Gasteiger partial charge >= 0.3 is 11.9 Å². The van der Waals surface area contributed by atoms with Crippen molar-refractivity contribution >= 4 is 22.1 Å². The molecule has 0 fully saturated rings. The van der Waals surface area contributed by atoms with E-state index in [1.807, 2.05) is 6.92 Å². The molecule has 0 unspecified atom stereocenters. The molecule has 0 heterocycles. The molecule has 0 aliphatic rings. The topological polar surface area (TPSA) is 96.0 Å². The molecular formula is C15H28O7S. The van der Waals surface area contributed by atoms with Crippen LogP contribution in [0.3, 0.4) is 0 Å². The molecule has 0 aromatic carbocycles. The number of esters is 2. The van der Waals surface area contributed by atoms with E-state index in [0.29, 0.717) is 6.42 Å². The highest BCUT2D eigenvalue weighted by Crippen LogP contribution is 2.26. The van der Waals surface area contributed by atoms with E-state index in [1.165, 1.54) is 13.8 Å². The maximum absolute atomic E-state index is 11.5. The fraction of sp³-hybridized carbons (Fsp3) is 0.867. The van der Waals surface area contributed by atoms with Gasteiger partial charge in [-0.25, -0.2) is 0 Å². The Kier molecular flexibility index (Phi) is 9.38. The summed E-state index contributed by atoms with van der Waals surface area (Å²) in [7, 11) is -3.63. The van der Waals surface area contributed by atoms with Crippen molar-refractivity contribution in [3.05, 3.63) is 0 Å². The van der Waals surface area contributed by atoms with Gasteiger partial charge in [-0.15, -0.1) is 0 Å². The van der Waals surface area contributed by atoms with Crippen LogP contribution < -0.4 is 0 Å². The van der Waals surface area contributed by atoms with Gasteiger partial charge in [-0.3, -0.25) is 13.8 Å². The fourth-order valence-corrected chi connectivity index (χ4v) is 3.12. The summed E-state index contributed by atoms with van der Waals surface area (Å²) >= 11 is 0. The number of hydrogen-bond donors (Lipinski definition) is 0. The molecule has 0 spiro atoms. The minimum absolute atomic E-state index is 0.0787. The number of hydrogen-bond acceptors (Lipinski definition) is 7. The van der Waals surface area contributed by atoms with Gasteiger partial charge in [-0.05, 0) is 6.42 Å². The third-order valence-electron chi connectivity index (χ3n) is 3.39. The Hall–Kier alpha value is -1.15. The van der Waals surface area contributed by atoms with E-state index in [0.717, 1.165) is 12.7 Å². The second kappa shape index (κ2) is 9.87. The van der Waals surface area contributed by atoms with Gasteiger partial charge in [0.2, 0.25) is 0 Å². The van der Waals surface area contributed by atoms with E-state index in [2.05, 4.69) is 0 Å². The third-order valence-corrected chi connectivity index (χ3v) is 3.99. The lowest BCUT2D eigenvalue weighted by Crippen LogP contribution is -2.41. The summed E-state index contributed by atoms with van der Waals surface area (Å²) in [5.74, 6) is -1.57. The summed E-state index contributed by atoms with van der Waals surface area (Å²) in [6.07, 6.45) is 0.984. The first-order chi connectivity index (χ1) is 10.5. The molecule has 0 rings (SSSR count). The molecule has 0 aliphatic heterocycles. The van der Waals surface area contributed by atoms with Crippen molar-refractivity contribution in [2.75, 3.05) is 12.9 Å². The van der Waals surface area contributed by atoms with E-state index in [-0.39, 0.29) is 18.4 Å². The summed E-state index contributed by atoms with van der Waals surface area (Å²) in [5, 5.41) is 0. The van der Waals surface area contributed by atoms with Crippen molar-refractivity contribution in [1.29, 1.82) is 0 Å². The van der Waals surface area contributed by atoms with E-state index >= 15 is 0 Å². The van der Waals surface area contributed by atoms with E-state index in [4.69, 9.17) is 13.7 Å². The SMILES string of the molecule is CCC[C@@H](OS(C)(=O)=O)[C@H](C)[C@H](OC(C)=O)[C@H](C)COC(C)=O. The van der Waals surface area contributed by atoms with Gasteiger partial charge in [0.1, 0.15) is 6.10 Å². The van der Waals surface area contributed by atoms with Crippen molar-refractivity contribution < 1.29 is 31.7 Å². The molecule has 0 aromatic rings.